The largest absolute Gasteiger partial charge is 0.508 e. The predicted octanol–water partition coefficient (Wildman–Crippen LogP) is 6.02. The number of hydrogen-bond acceptors (Lipinski definition) is 5. The standard InChI is InChI=1S/C14H14F3N3OS.C10H16O.C2H6.CH4/c1-5(14(15,16)17)10-8(4-9(18)11(10)13(19)21)12-6(2)20-7(3)22-12;1-5-6-7-10(11)9(4)8(2)3;1-2;/h2,4,18H2,1,3H3,(H2,19,21);5-7,11H,1-4H3;1-2H3;1H4/b10-5-,12-8+;6-5+,10-7+;;. The van der Waals surface area contributed by atoms with Crippen molar-refractivity contribution < 1.29 is 23.1 Å². The predicted molar refractivity (Wildman–Crippen MR) is 146 cm³/mol. The monoisotopic (exact) mass is 527 g/mol. The summed E-state index contributed by atoms with van der Waals surface area (Å²) >= 11 is 1.21. The van der Waals surface area contributed by atoms with Gasteiger partial charge in [-0.3, -0.25) is 4.79 Å². The minimum Gasteiger partial charge on any atom is -0.508 e. The number of nitrogens with zero attached hydrogens (tertiary/aromatic N) is 1. The molecule has 0 fully saturated rings. The Kier molecular flexibility index (Phi) is 14.8. The van der Waals surface area contributed by atoms with Gasteiger partial charge in [0.2, 0.25) is 0 Å². The molecule has 202 valence electrons. The number of aliphatic hydroxyl groups is 1. The highest BCUT2D eigenvalue weighted by Crippen LogP contribution is 2.41. The molecule has 0 radical (unpaired) electrons. The lowest BCUT2D eigenvalue weighted by atomic mass is 9.98. The molecule has 1 heterocycles. The minimum absolute atomic E-state index is 0. The molecule has 5 nitrogen and oxygen atoms in total. The van der Waals surface area contributed by atoms with Gasteiger partial charge in [0.05, 0.1) is 20.5 Å². The highest BCUT2D eigenvalue weighted by Gasteiger charge is 2.39. The first kappa shape index (κ1) is 35.1. The quantitative estimate of drug-likeness (QED) is 0.331. The van der Waals surface area contributed by atoms with Crippen LogP contribution in [0.2, 0.25) is 0 Å². The molecule has 1 aliphatic carbocycles. The fourth-order valence-corrected chi connectivity index (χ4v) is 3.90. The van der Waals surface area contributed by atoms with Crippen LogP contribution in [0.5, 0.6) is 0 Å². The van der Waals surface area contributed by atoms with Crippen molar-refractivity contribution in [2.45, 2.75) is 75.4 Å². The number of carbonyl (C=O) groups is 1. The van der Waals surface area contributed by atoms with Crippen molar-refractivity contribution in [3.63, 3.8) is 0 Å². The van der Waals surface area contributed by atoms with Crippen LogP contribution in [0.3, 0.4) is 0 Å². The van der Waals surface area contributed by atoms with Crippen molar-refractivity contribution in [1.82, 2.24) is 4.98 Å². The summed E-state index contributed by atoms with van der Waals surface area (Å²) in [6.45, 7) is 18.2. The molecule has 0 saturated carbocycles. The maximum Gasteiger partial charge on any atom is 0.413 e. The zero-order valence-electron chi connectivity index (χ0n) is 21.6. The van der Waals surface area contributed by atoms with Gasteiger partial charge in [-0.05, 0) is 58.8 Å². The van der Waals surface area contributed by atoms with Crippen LogP contribution >= 0.6 is 11.3 Å². The van der Waals surface area contributed by atoms with E-state index in [2.05, 4.69) is 11.6 Å². The van der Waals surface area contributed by atoms with Crippen LogP contribution in [0.15, 0.2) is 57.5 Å². The Balaban J connectivity index is 0. The number of aromatic nitrogens is 1. The molecule has 5 N–H and O–H groups in total. The van der Waals surface area contributed by atoms with Crippen molar-refractivity contribution in [1.29, 1.82) is 0 Å². The third-order valence-corrected chi connectivity index (χ3v) is 6.02. The van der Waals surface area contributed by atoms with E-state index in [4.69, 9.17) is 11.5 Å². The van der Waals surface area contributed by atoms with Crippen molar-refractivity contribution in [2.75, 3.05) is 0 Å². The van der Waals surface area contributed by atoms with Gasteiger partial charge in [-0.15, -0.1) is 11.3 Å². The van der Waals surface area contributed by atoms with Crippen molar-refractivity contribution in [3.05, 3.63) is 72.4 Å². The van der Waals surface area contributed by atoms with Crippen LogP contribution in [0.25, 0.3) is 12.2 Å². The van der Waals surface area contributed by atoms with E-state index in [-0.39, 0.29) is 30.7 Å². The van der Waals surface area contributed by atoms with Crippen molar-refractivity contribution in [2.24, 2.45) is 11.5 Å². The molecule has 0 bridgehead atoms. The molecule has 1 aromatic rings. The van der Waals surface area contributed by atoms with Gasteiger partial charge < -0.3 is 16.6 Å². The number of aliphatic hydroxyl groups excluding tert-OH is 1. The summed E-state index contributed by atoms with van der Waals surface area (Å²) in [5, 5.41) is 10.4. The number of rotatable bonds is 3. The van der Waals surface area contributed by atoms with Gasteiger partial charge in [-0.25, -0.2) is 4.98 Å². The number of amides is 1. The van der Waals surface area contributed by atoms with Crippen LogP contribution < -0.4 is 21.3 Å². The number of thiazole rings is 1. The molecule has 0 aromatic carbocycles. The Morgan fingerprint density at radius 2 is 1.72 bits per heavy atom. The Morgan fingerprint density at radius 3 is 2.08 bits per heavy atom. The SMILES string of the molecule is C.C/C=C/C=C(/O)C(C)=C(C)C.C=c1nc(C)s/c1=C1\CC(N)=C(C(N)=O)\C1=C(\C)C(F)(F)F.CC. The van der Waals surface area contributed by atoms with Crippen LogP contribution in [0.1, 0.15) is 67.3 Å². The lowest BCUT2D eigenvalue weighted by molar-refractivity contribution is -0.114. The molecule has 0 spiro atoms. The van der Waals surface area contributed by atoms with Crippen LogP contribution in [0, 0.1) is 6.92 Å². The molecule has 2 rings (SSSR count). The van der Waals surface area contributed by atoms with E-state index in [1.165, 1.54) is 11.3 Å². The lowest BCUT2D eigenvalue weighted by Gasteiger charge is -2.13. The van der Waals surface area contributed by atoms with Crippen LogP contribution in [-0.2, 0) is 4.79 Å². The molecule has 9 heteroatoms. The average molecular weight is 528 g/mol. The minimum atomic E-state index is -4.59. The summed E-state index contributed by atoms with van der Waals surface area (Å²) in [5.41, 5.74) is 12.0. The van der Waals surface area contributed by atoms with Gasteiger partial charge in [0.25, 0.3) is 5.91 Å². The van der Waals surface area contributed by atoms with Crippen LogP contribution in [-0.4, -0.2) is 22.2 Å². The second-order valence-corrected chi connectivity index (χ2v) is 8.83. The molecule has 0 atom stereocenters. The topological polar surface area (TPSA) is 102 Å². The van der Waals surface area contributed by atoms with E-state index in [9.17, 15) is 23.1 Å². The molecule has 1 aliphatic rings. The Bertz CT molecular complexity index is 1190. The van der Waals surface area contributed by atoms with Gasteiger partial charge in [0.15, 0.2) is 0 Å². The fraction of sp³-hybridized carbons (Fsp3) is 0.407. The molecule has 1 aromatic heterocycles. The van der Waals surface area contributed by atoms with E-state index in [1.807, 2.05) is 53.7 Å². The van der Waals surface area contributed by atoms with Gasteiger partial charge in [0, 0.05) is 23.3 Å². The second-order valence-electron chi connectivity index (χ2n) is 7.63. The molecule has 36 heavy (non-hydrogen) atoms. The molecular formula is C27H40F3N3O2S. The smallest absolute Gasteiger partial charge is 0.413 e. The van der Waals surface area contributed by atoms with E-state index >= 15 is 0 Å². The normalized spacial score (nSPS) is 16.5. The first-order valence-electron chi connectivity index (χ1n) is 11.0. The highest BCUT2D eigenvalue weighted by molar-refractivity contribution is 7.09. The first-order valence-corrected chi connectivity index (χ1v) is 11.8. The van der Waals surface area contributed by atoms with Crippen molar-refractivity contribution in [3.8, 4) is 0 Å². The van der Waals surface area contributed by atoms with E-state index in [0.717, 1.165) is 18.1 Å². The third kappa shape index (κ3) is 9.18. The average Bonchev–Trinajstić information content (AvgIpc) is 3.29. The van der Waals surface area contributed by atoms with Crippen LogP contribution in [0.4, 0.5) is 13.2 Å². The number of nitrogens with two attached hydrogens (primary N) is 2. The van der Waals surface area contributed by atoms with E-state index < -0.39 is 17.7 Å². The lowest BCUT2D eigenvalue weighted by Crippen LogP contribution is -2.25. The summed E-state index contributed by atoms with van der Waals surface area (Å²) < 4.78 is 39.9. The number of alkyl halides is 3. The summed E-state index contributed by atoms with van der Waals surface area (Å²) in [5.74, 6) is -0.624. The Labute approximate surface area is 216 Å². The maximum absolute atomic E-state index is 13.1. The Morgan fingerprint density at radius 1 is 1.19 bits per heavy atom. The van der Waals surface area contributed by atoms with E-state index in [0.29, 0.717) is 26.2 Å². The third-order valence-electron chi connectivity index (χ3n) is 4.95. The van der Waals surface area contributed by atoms with E-state index in [1.54, 1.807) is 13.0 Å². The number of hydrogen-bond donors (Lipinski definition) is 3. The molecule has 1 amide bonds. The van der Waals surface area contributed by atoms with Gasteiger partial charge in [0.1, 0.15) is 5.76 Å². The number of aryl methyl sites for hydroxylation is 1. The summed E-state index contributed by atoms with van der Waals surface area (Å²) in [4.78, 5) is 15.7. The highest BCUT2D eigenvalue weighted by atomic mass is 32.1. The van der Waals surface area contributed by atoms with Crippen molar-refractivity contribution >= 4 is 29.4 Å². The van der Waals surface area contributed by atoms with Gasteiger partial charge >= 0.3 is 6.18 Å². The second kappa shape index (κ2) is 15.1. The molecule has 0 unspecified atom stereocenters. The summed E-state index contributed by atoms with van der Waals surface area (Å²) in [7, 11) is 0. The fourth-order valence-electron chi connectivity index (χ4n) is 2.98. The molecule has 0 saturated heterocycles. The van der Waals surface area contributed by atoms with Gasteiger partial charge in [-0.1, -0.05) is 45.6 Å². The molecular weight excluding hydrogens is 487 g/mol. The number of primary amides is 1. The van der Waals surface area contributed by atoms with Gasteiger partial charge in [-0.2, -0.15) is 13.2 Å². The molecule has 0 aliphatic heterocycles. The zero-order valence-corrected chi connectivity index (χ0v) is 22.5. The summed E-state index contributed by atoms with van der Waals surface area (Å²) in [6, 6.07) is 0. The summed E-state index contributed by atoms with van der Waals surface area (Å²) in [6.07, 6.45) is 0.830. The number of carbonyl (C=O) groups excluding carboxylic acids is 1. The number of allylic oxidation sites excluding steroid dienone is 7. The Hall–Kier alpha value is -3.07. The zero-order chi connectivity index (χ0) is 27.7. The maximum atomic E-state index is 13.1. The first-order chi connectivity index (χ1) is 16.1. The number of halogens is 3.